The lowest BCUT2D eigenvalue weighted by molar-refractivity contribution is 0.600. The molecule has 2 aromatic heterocycles. The molecule has 96 valence electrons. The van der Waals surface area contributed by atoms with Crippen LogP contribution in [0.2, 0.25) is 5.28 Å². The van der Waals surface area contributed by atoms with Crippen molar-refractivity contribution >= 4 is 27.4 Å². The highest BCUT2D eigenvalue weighted by Gasteiger charge is 2.15. The summed E-state index contributed by atoms with van der Waals surface area (Å²) in [6.45, 7) is 0. The van der Waals surface area contributed by atoms with E-state index in [4.69, 9.17) is 16.9 Å². The fourth-order valence-corrected chi connectivity index (χ4v) is 2.29. The lowest BCUT2D eigenvalue weighted by Gasteiger charge is -2.06. The first-order valence-corrected chi connectivity index (χ1v) is 6.75. The number of anilines is 1. The fourth-order valence-electron chi connectivity index (χ4n) is 1.19. The van der Waals surface area contributed by atoms with Crippen LogP contribution in [0.25, 0.3) is 0 Å². The molecule has 19 heavy (non-hydrogen) atoms. The zero-order valence-corrected chi connectivity index (χ0v) is 10.9. The Labute approximate surface area is 114 Å². The highest BCUT2D eigenvalue weighted by atomic mass is 35.5. The summed E-state index contributed by atoms with van der Waals surface area (Å²) in [7, 11) is -3.83. The molecule has 0 fully saturated rings. The van der Waals surface area contributed by atoms with Crippen LogP contribution in [0, 0.1) is 11.3 Å². The maximum atomic E-state index is 12.0. The van der Waals surface area contributed by atoms with Gasteiger partial charge < -0.3 is 0 Å². The number of nitrogens with one attached hydrogen (secondary N) is 1. The second kappa shape index (κ2) is 5.17. The minimum absolute atomic E-state index is 0.0457. The topological polar surface area (TPSA) is 109 Å². The van der Waals surface area contributed by atoms with Crippen molar-refractivity contribution in [1.82, 2.24) is 15.0 Å². The minimum atomic E-state index is -3.83. The zero-order valence-electron chi connectivity index (χ0n) is 9.28. The van der Waals surface area contributed by atoms with Gasteiger partial charge >= 0.3 is 0 Å². The molecule has 0 saturated heterocycles. The van der Waals surface area contributed by atoms with Crippen molar-refractivity contribution in [3.05, 3.63) is 41.6 Å². The van der Waals surface area contributed by atoms with Crippen molar-refractivity contribution in [2.24, 2.45) is 0 Å². The molecule has 2 aromatic rings. The predicted octanol–water partition coefficient (Wildman–Crippen LogP) is 1.20. The molecule has 0 saturated carbocycles. The Bertz CT molecular complexity index is 739. The van der Waals surface area contributed by atoms with E-state index in [1.165, 1.54) is 24.4 Å². The Kier molecular flexibility index (Phi) is 3.59. The number of pyridine rings is 1. The van der Waals surface area contributed by atoms with Crippen molar-refractivity contribution in [2.75, 3.05) is 4.72 Å². The van der Waals surface area contributed by atoms with Crippen LogP contribution in [0.5, 0.6) is 0 Å². The second-order valence-corrected chi connectivity index (χ2v) is 5.33. The van der Waals surface area contributed by atoms with Crippen molar-refractivity contribution in [1.29, 1.82) is 5.26 Å². The Balaban J connectivity index is 2.30. The quantitative estimate of drug-likeness (QED) is 0.852. The predicted molar refractivity (Wildman–Crippen MR) is 66.8 cm³/mol. The largest absolute Gasteiger partial charge is 0.264 e. The van der Waals surface area contributed by atoms with Crippen molar-refractivity contribution < 1.29 is 8.42 Å². The lowest BCUT2D eigenvalue weighted by atomic mass is 10.4. The molecule has 0 bridgehead atoms. The number of hydrogen-bond acceptors (Lipinski definition) is 6. The van der Waals surface area contributed by atoms with Gasteiger partial charge in [0.2, 0.25) is 5.28 Å². The molecule has 7 nitrogen and oxygen atoms in total. The first-order valence-electron chi connectivity index (χ1n) is 4.89. The Morgan fingerprint density at radius 1 is 1.26 bits per heavy atom. The first kappa shape index (κ1) is 13.2. The Morgan fingerprint density at radius 2 is 2.05 bits per heavy atom. The summed E-state index contributed by atoms with van der Waals surface area (Å²) in [6, 6.07) is 5.74. The zero-order chi connectivity index (χ0) is 13.9. The van der Waals surface area contributed by atoms with Gasteiger partial charge in [0.25, 0.3) is 10.0 Å². The summed E-state index contributed by atoms with van der Waals surface area (Å²) >= 11 is 5.55. The number of aromatic nitrogens is 3. The van der Waals surface area contributed by atoms with Crippen molar-refractivity contribution in [2.45, 2.75) is 4.90 Å². The molecule has 0 aliphatic carbocycles. The number of rotatable bonds is 3. The van der Waals surface area contributed by atoms with Gasteiger partial charge in [-0.2, -0.15) is 10.2 Å². The summed E-state index contributed by atoms with van der Waals surface area (Å²) in [6.07, 6.45) is 2.41. The normalized spacial score (nSPS) is 10.7. The number of sulfonamides is 1. The third kappa shape index (κ3) is 3.15. The molecule has 2 heterocycles. The summed E-state index contributed by atoms with van der Waals surface area (Å²) in [4.78, 5) is 10.9. The van der Waals surface area contributed by atoms with Crippen LogP contribution >= 0.6 is 11.6 Å². The molecule has 0 aliphatic rings. The van der Waals surface area contributed by atoms with E-state index in [1.807, 2.05) is 0 Å². The van der Waals surface area contributed by atoms with Crippen LogP contribution in [0.1, 0.15) is 5.69 Å². The smallest absolute Gasteiger partial charge is 0.263 e. The fraction of sp³-hybridized carbons (Fsp3) is 0. The van der Waals surface area contributed by atoms with Crippen LogP contribution in [-0.4, -0.2) is 23.4 Å². The van der Waals surface area contributed by atoms with Gasteiger partial charge in [-0.3, -0.25) is 4.72 Å². The lowest BCUT2D eigenvalue weighted by Crippen LogP contribution is -2.14. The SMILES string of the molecule is N#Cc1ccc(S(=O)(=O)Nc2ccnc(Cl)n2)cn1. The molecule has 0 aliphatic heterocycles. The highest BCUT2D eigenvalue weighted by Crippen LogP contribution is 2.14. The summed E-state index contributed by atoms with van der Waals surface area (Å²) in [5.74, 6) is 0.0457. The van der Waals surface area contributed by atoms with Crippen LogP contribution in [0.4, 0.5) is 5.82 Å². The number of nitriles is 1. The molecule has 0 amide bonds. The van der Waals surface area contributed by atoms with Crippen molar-refractivity contribution in [3.63, 3.8) is 0 Å². The molecule has 0 unspecified atom stereocenters. The van der Waals surface area contributed by atoms with E-state index in [-0.39, 0.29) is 21.7 Å². The first-order chi connectivity index (χ1) is 9.01. The van der Waals surface area contributed by atoms with Gasteiger partial charge in [-0.25, -0.2) is 18.4 Å². The number of nitrogens with zero attached hydrogens (tertiary/aromatic N) is 4. The minimum Gasteiger partial charge on any atom is -0.263 e. The van der Waals surface area contributed by atoms with E-state index in [0.29, 0.717) is 0 Å². The summed E-state index contributed by atoms with van der Waals surface area (Å²) in [5, 5.41) is 8.52. The molecule has 9 heteroatoms. The van der Waals surface area contributed by atoms with Crippen molar-refractivity contribution in [3.8, 4) is 6.07 Å². The number of halogens is 1. The molecule has 0 atom stereocenters. The van der Waals surface area contributed by atoms with E-state index in [2.05, 4.69) is 19.7 Å². The molecule has 1 N–H and O–H groups in total. The van der Waals surface area contributed by atoms with Crippen LogP contribution in [-0.2, 0) is 10.0 Å². The van der Waals surface area contributed by atoms with E-state index in [1.54, 1.807) is 6.07 Å². The second-order valence-electron chi connectivity index (χ2n) is 3.31. The summed E-state index contributed by atoms with van der Waals surface area (Å²) < 4.78 is 26.2. The van der Waals surface area contributed by atoms with Gasteiger partial charge in [-0.15, -0.1) is 0 Å². The van der Waals surface area contributed by atoms with Crippen LogP contribution < -0.4 is 4.72 Å². The van der Waals surface area contributed by atoms with E-state index >= 15 is 0 Å². The van der Waals surface area contributed by atoms with E-state index < -0.39 is 10.0 Å². The third-order valence-electron chi connectivity index (χ3n) is 2.03. The van der Waals surface area contributed by atoms with Gasteiger partial charge in [-0.05, 0) is 29.8 Å². The summed E-state index contributed by atoms with van der Waals surface area (Å²) in [5.41, 5.74) is 0.129. The van der Waals surface area contributed by atoms with Gasteiger partial charge in [0.15, 0.2) is 0 Å². The molecule has 0 aromatic carbocycles. The van der Waals surface area contributed by atoms with Crippen LogP contribution in [0.3, 0.4) is 0 Å². The van der Waals surface area contributed by atoms with E-state index in [9.17, 15) is 8.42 Å². The van der Waals surface area contributed by atoms with Gasteiger partial charge in [0.1, 0.15) is 22.5 Å². The highest BCUT2D eigenvalue weighted by molar-refractivity contribution is 7.92. The average molecular weight is 296 g/mol. The van der Waals surface area contributed by atoms with Gasteiger partial charge in [0, 0.05) is 12.4 Å². The molecule has 0 spiro atoms. The molecular weight excluding hydrogens is 290 g/mol. The monoisotopic (exact) mass is 295 g/mol. The maximum absolute atomic E-state index is 12.0. The average Bonchev–Trinajstić information content (AvgIpc) is 2.38. The Morgan fingerprint density at radius 3 is 2.63 bits per heavy atom. The standard InChI is InChI=1S/C10H6ClN5O2S/c11-10-13-4-3-9(15-10)16-19(17,18)8-2-1-7(5-12)14-6-8/h1-4,6H,(H,13,15,16). The molecular formula is C10H6ClN5O2S. The molecule has 0 radical (unpaired) electrons. The van der Waals surface area contributed by atoms with Gasteiger partial charge in [0.05, 0.1) is 0 Å². The van der Waals surface area contributed by atoms with Gasteiger partial charge in [-0.1, -0.05) is 0 Å². The number of hydrogen-bond donors (Lipinski definition) is 1. The maximum Gasteiger partial charge on any atom is 0.264 e. The Hall–Kier alpha value is -2.24. The van der Waals surface area contributed by atoms with E-state index in [0.717, 1.165) is 6.20 Å². The van der Waals surface area contributed by atoms with Crippen LogP contribution in [0.15, 0.2) is 35.5 Å². The molecule has 2 rings (SSSR count). The third-order valence-corrected chi connectivity index (χ3v) is 3.55.